The van der Waals surface area contributed by atoms with Gasteiger partial charge in [0.2, 0.25) is 5.95 Å². The zero-order valence-electron chi connectivity index (χ0n) is 14.3. The molecule has 0 spiro atoms. The number of nitrogens with one attached hydrogen (secondary N) is 2. The Labute approximate surface area is 153 Å². The summed E-state index contributed by atoms with van der Waals surface area (Å²) < 4.78 is 0. The van der Waals surface area contributed by atoms with E-state index in [1.807, 2.05) is 60.7 Å². The lowest BCUT2D eigenvalue weighted by Gasteiger charge is -2.13. The predicted molar refractivity (Wildman–Crippen MR) is 105 cm³/mol. The monoisotopic (exact) mass is 352 g/mol. The quantitative estimate of drug-likeness (QED) is 0.637. The van der Waals surface area contributed by atoms with E-state index in [4.69, 9.17) is 11.6 Å². The van der Waals surface area contributed by atoms with Crippen LogP contribution in [0.1, 0.15) is 19.4 Å². The molecule has 0 saturated heterocycles. The minimum atomic E-state index is 0.256. The smallest absolute Gasteiger partial charge is 0.225 e. The summed E-state index contributed by atoms with van der Waals surface area (Å²) in [6.07, 6.45) is 0. The predicted octanol–water partition coefficient (Wildman–Crippen LogP) is 5.23. The Bertz CT molecular complexity index is 834. The van der Waals surface area contributed by atoms with E-state index in [0.717, 1.165) is 27.7 Å². The average molecular weight is 353 g/mol. The number of hydrogen-bond acceptors (Lipinski definition) is 4. The Balaban J connectivity index is 1.86. The van der Waals surface area contributed by atoms with E-state index in [9.17, 15) is 0 Å². The number of nitrogens with zero attached hydrogens (tertiary/aromatic N) is 2. The molecule has 0 radical (unpaired) electrons. The van der Waals surface area contributed by atoms with Gasteiger partial charge in [0.25, 0.3) is 0 Å². The van der Waals surface area contributed by atoms with E-state index in [-0.39, 0.29) is 6.04 Å². The molecule has 25 heavy (non-hydrogen) atoms. The first-order chi connectivity index (χ1) is 12.1. The van der Waals surface area contributed by atoms with Gasteiger partial charge in [-0.1, -0.05) is 54.1 Å². The first kappa shape index (κ1) is 17.2. The fourth-order valence-electron chi connectivity index (χ4n) is 2.46. The van der Waals surface area contributed by atoms with Crippen LogP contribution in [0.15, 0.2) is 60.7 Å². The summed E-state index contributed by atoms with van der Waals surface area (Å²) in [7, 11) is 0. The summed E-state index contributed by atoms with van der Waals surface area (Å²) in [6, 6.07) is 20.1. The van der Waals surface area contributed by atoms with Crippen LogP contribution in [0, 0.1) is 0 Å². The van der Waals surface area contributed by atoms with Crippen LogP contribution in [0.2, 0.25) is 5.02 Å². The van der Waals surface area contributed by atoms with Crippen LogP contribution < -0.4 is 10.6 Å². The average Bonchev–Trinajstić information content (AvgIpc) is 2.60. The standard InChI is InChI=1S/C20H21ClN4/c1-14(2)23-20-24-18(16-8-4-3-5-9-16)12-19(25-20)22-13-15-7-6-10-17(21)11-15/h3-12,14H,13H2,1-2H3,(H2,22,23,24,25). The summed E-state index contributed by atoms with van der Waals surface area (Å²) in [5, 5.41) is 7.37. The highest BCUT2D eigenvalue weighted by Gasteiger charge is 2.08. The highest BCUT2D eigenvalue weighted by molar-refractivity contribution is 6.30. The van der Waals surface area contributed by atoms with Crippen molar-refractivity contribution in [2.45, 2.75) is 26.4 Å². The van der Waals surface area contributed by atoms with Crippen molar-refractivity contribution in [2.24, 2.45) is 0 Å². The summed E-state index contributed by atoms with van der Waals surface area (Å²) in [4.78, 5) is 9.20. The van der Waals surface area contributed by atoms with E-state index >= 15 is 0 Å². The van der Waals surface area contributed by atoms with Gasteiger partial charge in [0.15, 0.2) is 0 Å². The molecule has 2 aromatic carbocycles. The number of aromatic nitrogens is 2. The second kappa shape index (κ2) is 7.99. The number of benzene rings is 2. The van der Waals surface area contributed by atoms with Crippen molar-refractivity contribution in [2.75, 3.05) is 10.6 Å². The van der Waals surface area contributed by atoms with E-state index < -0.39 is 0 Å². The number of hydrogen-bond donors (Lipinski definition) is 2. The van der Waals surface area contributed by atoms with E-state index in [1.165, 1.54) is 0 Å². The molecule has 0 fully saturated rings. The van der Waals surface area contributed by atoms with Gasteiger partial charge in [-0.25, -0.2) is 4.98 Å². The van der Waals surface area contributed by atoms with E-state index in [2.05, 4.69) is 34.4 Å². The van der Waals surface area contributed by atoms with Crippen molar-refractivity contribution < 1.29 is 0 Å². The highest BCUT2D eigenvalue weighted by atomic mass is 35.5. The molecule has 0 bridgehead atoms. The Kier molecular flexibility index (Phi) is 5.51. The third-order valence-electron chi connectivity index (χ3n) is 3.58. The lowest BCUT2D eigenvalue weighted by Crippen LogP contribution is -2.14. The molecule has 2 N–H and O–H groups in total. The van der Waals surface area contributed by atoms with Gasteiger partial charge in [-0.3, -0.25) is 0 Å². The van der Waals surface area contributed by atoms with Gasteiger partial charge in [0, 0.05) is 29.2 Å². The fourth-order valence-corrected chi connectivity index (χ4v) is 2.67. The zero-order chi connectivity index (χ0) is 17.6. The summed E-state index contributed by atoms with van der Waals surface area (Å²) in [6.45, 7) is 4.78. The third-order valence-corrected chi connectivity index (χ3v) is 3.81. The van der Waals surface area contributed by atoms with Crippen LogP contribution >= 0.6 is 11.6 Å². The van der Waals surface area contributed by atoms with Crippen LogP contribution in [0.3, 0.4) is 0 Å². The number of halogens is 1. The molecule has 0 aliphatic rings. The van der Waals surface area contributed by atoms with Crippen LogP contribution in [0.5, 0.6) is 0 Å². The summed E-state index contributed by atoms with van der Waals surface area (Å²) >= 11 is 6.05. The molecule has 0 aliphatic carbocycles. The largest absolute Gasteiger partial charge is 0.366 e. The first-order valence-electron chi connectivity index (χ1n) is 8.29. The second-order valence-electron chi connectivity index (χ2n) is 6.11. The maximum atomic E-state index is 6.05. The van der Waals surface area contributed by atoms with Crippen molar-refractivity contribution in [3.8, 4) is 11.3 Å². The van der Waals surface area contributed by atoms with Gasteiger partial charge in [0.05, 0.1) is 5.69 Å². The number of rotatable bonds is 6. The molecule has 5 heteroatoms. The normalized spacial score (nSPS) is 10.7. The van der Waals surface area contributed by atoms with Gasteiger partial charge in [0.1, 0.15) is 5.82 Å². The molecule has 1 heterocycles. The van der Waals surface area contributed by atoms with Crippen molar-refractivity contribution in [1.82, 2.24) is 9.97 Å². The minimum Gasteiger partial charge on any atom is -0.366 e. The Morgan fingerprint density at radius 1 is 0.960 bits per heavy atom. The molecule has 1 aromatic heterocycles. The van der Waals surface area contributed by atoms with Gasteiger partial charge in [-0.05, 0) is 31.5 Å². The number of anilines is 2. The Hall–Kier alpha value is -2.59. The maximum Gasteiger partial charge on any atom is 0.225 e. The lowest BCUT2D eigenvalue weighted by atomic mass is 10.1. The Morgan fingerprint density at radius 3 is 2.48 bits per heavy atom. The third kappa shape index (κ3) is 4.94. The van der Waals surface area contributed by atoms with Crippen molar-refractivity contribution in [3.05, 3.63) is 71.2 Å². The maximum absolute atomic E-state index is 6.05. The fraction of sp³-hybridized carbons (Fsp3) is 0.200. The molecule has 0 amide bonds. The molecule has 0 atom stereocenters. The van der Waals surface area contributed by atoms with Gasteiger partial charge >= 0.3 is 0 Å². The van der Waals surface area contributed by atoms with Crippen LogP contribution in [0.4, 0.5) is 11.8 Å². The van der Waals surface area contributed by atoms with Gasteiger partial charge < -0.3 is 10.6 Å². The van der Waals surface area contributed by atoms with Gasteiger partial charge in [-0.2, -0.15) is 4.98 Å². The van der Waals surface area contributed by atoms with Crippen molar-refractivity contribution in [3.63, 3.8) is 0 Å². The molecule has 4 nitrogen and oxygen atoms in total. The van der Waals surface area contributed by atoms with Crippen molar-refractivity contribution in [1.29, 1.82) is 0 Å². The molecular weight excluding hydrogens is 332 g/mol. The van der Waals surface area contributed by atoms with Crippen LogP contribution in [-0.4, -0.2) is 16.0 Å². The molecule has 128 valence electrons. The zero-order valence-corrected chi connectivity index (χ0v) is 15.1. The van der Waals surface area contributed by atoms with E-state index in [1.54, 1.807) is 0 Å². The molecule has 3 rings (SSSR count). The molecular formula is C20H21ClN4. The lowest BCUT2D eigenvalue weighted by molar-refractivity contribution is 0.874. The minimum absolute atomic E-state index is 0.256. The SMILES string of the molecule is CC(C)Nc1nc(NCc2cccc(Cl)c2)cc(-c2ccccc2)n1. The van der Waals surface area contributed by atoms with Gasteiger partial charge in [-0.15, -0.1) is 0 Å². The first-order valence-corrected chi connectivity index (χ1v) is 8.67. The van der Waals surface area contributed by atoms with Crippen molar-refractivity contribution >= 4 is 23.4 Å². The van der Waals surface area contributed by atoms with E-state index in [0.29, 0.717) is 12.5 Å². The summed E-state index contributed by atoms with van der Waals surface area (Å²) in [5.74, 6) is 1.39. The van der Waals surface area contributed by atoms with Crippen LogP contribution in [-0.2, 0) is 6.54 Å². The molecule has 3 aromatic rings. The molecule has 0 unspecified atom stereocenters. The summed E-state index contributed by atoms with van der Waals surface area (Å²) in [5.41, 5.74) is 3.04. The molecule has 0 saturated carbocycles. The Morgan fingerprint density at radius 2 is 1.76 bits per heavy atom. The second-order valence-corrected chi connectivity index (χ2v) is 6.55. The topological polar surface area (TPSA) is 49.8 Å². The highest BCUT2D eigenvalue weighted by Crippen LogP contribution is 2.22. The van der Waals surface area contributed by atoms with Crippen LogP contribution in [0.25, 0.3) is 11.3 Å². The molecule has 0 aliphatic heterocycles.